The van der Waals surface area contributed by atoms with Crippen LogP contribution in [0.5, 0.6) is 0 Å². The molecule has 0 aliphatic carbocycles. The van der Waals surface area contributed by atoms with Crippen molar-refractivity contribution in [3.63, 3.8) is 0 Å². The van der Waals surface area contributed by atoms with Gasteiger partial charge in [0, 0.05) is 18.0 Å². The lowest BCUT2D eigenvalue weighted by Crippen LogP contribution is -2.41. The van der Waals surface area contributed by atoms with Gasteiger partial charge in [0.25, 0.3) is 0 Å². The van der Waals surface area contributed by atoms with Crippen molar-refractivity contribution >= 4 is 29.0 Å². The second-order valence-electron chi connectivity index (χ2n) is 6.37. The van der Waals surface area contributed by atoms with Crippen molar-refractivity contribution in [1.82, 2.24) is 25.2 Å². The number of carbonyl (C=O) groups is 1. The molecule has 0 bridgehead atoms. The van der Waals surface area contributed by atoms with E-state index in [1.807, 2.05) is 12.6 Å². The minimum Gasteiger partial charge on any atom is -0.341 e. The molecule has 2 N–H and O–H groups in total. The molecular formula is C16H21N7OS. The maximum atomic E-state index is 12.4. The number of aromatic nitrogens is 3. The Morgan fingerprint density at radius 3 is 2.76 bits per heavy atom. The van der Waals surface area contributed by atoms with Gasteiger partial charge in [0.1, 0.15) is 0 Å². The second kappa shape index (κ2) is 6.93. The molecule has 0 aromatic carbocycles. The number of urea groups is 1. The van der Waals surface area contributed by atoms with Crippen molar-refractivity contribution in [1.29, 1.82) is 0 Å². The Hall–Kier alpha value is -2.26. The molecule has 8 nitrogen and oxygen atoms in total. The first-order chi connectivity index (χ1) is 12.2. The van der Waals surface area contributed by atoms with Crippen molar-refractivity contribution in [3.05, 3.63) is 28.5 Å². The minimum atomic E-state index is -0.145. The fourth-order valence-electron chi connectivity index (χ4n) is 3.23. The summed E-state index contributed by atoms with van der Waals surface area (Å²) in [6.45, 7) is 3.23. The molecule has 0 saturated carbocycles. The predicted molar refractivity (Wildman–Crippen MR) is 96.7 cm³/mol. The van der Waals surface area contributed by atoms with Gasteiger partial charge in [-0.1, -0.05) is 0 Å². The number of amides is 2. The second-order valence-corrected chi connectivity index (χ2v) is 7.31. The van der Waals surface area contributed by atoms with E-state index in [-0.39, 0.29) is 6.03 Å². The Morgan fingerprint density at radius 1 is 1.28 bits per heavy atom. The molecule has 132 valence electrons. The smallest absolute Gasteiger partial charge is 0.322 e. The standard InChI is InChI=1S/C16H21N7OS/c1-22(12-2-4-17-5-3-12)15-18-6-11(7-19-15)21-16(24)23-8-13-14(9-23)25-10-20-13/h6-7,10,12,17H,2-5,8-9H2,1H3,(H,21,24). The quantitative estimate of drug-likeness (QED) is 0.867. The van der Waals surface area contributed by atoms with Crippen LogP contribution in [0.15, 0.2) is 17.9 Å². The number of nitrogens with one attached hydrogen (secondary N) is 2. The Labute approximate surface area is 150 Å². The van der Waals surface area contributed by atoms with E-state index in [9.17, 15) is 4.79 Å². The van der Waals surface area contributed by atoms with E-state index in [2.05, 4.69) is 30.5 Å². The fraction of sp³-hybridized carbons (Fsp3) is 0.500. The third-order valence-electron chi connectivity index (χ3n) is 4.75. The zero-order chi connectivity index (χ0) is 17.2. The summed E-state index contributed by atoms with van der Waals surface area (Å²) in [7, 11) is 2.03. The number of anilines is 2. The number of nitrogens with zero attached hydrogens (tertiary/aromatic N) is 5. The number of hydrogen-bond donors (Lipinski definition) is 2. The van der Waals surface area contributed by atoms with Gasteiger partial charge in [0.05, 0.1) is 42.4 Å². The first-order valence-electron chi connectivity index (χ1n) is 8.43. The number of thiazole rings is 1. The number of rotatable bonds is 3. The zero-order valence-electron chi connectivity index (χ0n) is 14.1. The molecule has 9 heteroatoms. The first-order valence-corrected chi connectivity index (χ1v) is 9.31. The number of carbonyl (C=O) groups excluding carboxylic acids is 1. The number of fused-ring (bicyclic) bond motifs is 1. The van der Waals surface area contributed by atoms with Gasteiger partial charge in [0.15, 0.2) is 0 Å². The average Bonchev–Trinajstić information content (AvgIpc) is 3.24. The van der Waals surface area contributed by atoms with E-state index in [4.69, 9.17) is 0 Å². The maximum absolute atomic E-state index is 12.4. The first kappa shape index (κ1) is 16.2. The predicted octanol–water partition coefficient (Wildman–Crippen LogP) is 1.67. The molecule has 4 heterocycles. The summed E-state index contributed by atoms with van der Waals surface area (Å²) in [4.78, 5) is 30.5. The Balaban J connectivity index is 1.35. The van der Waals surface area contributed by atoms with Crippen LogP contribution in [0.25, 0.3) is 0 Å². The van der Waals surface area contributed by atoms with Crippen LogP contribution in [-0.2, 0) is 13.1 Å². The summed E-state index contributed by atoms with van der Waals surface area (Å²) in [5, 5.41) is 6.22. The highest BCUT2D eigenvalue weighted by atomic mass is 32.1. The van der Waals surface area contributed by atoms with Crippen LogP contribution in [0, 0.1) is 0 Å². The SMILES string of the molecule is CN(c1ncc(NC(=O)N2Cc3ncsc3C2)cn1)C1CCNCC1. The van der Waals surface area contributed by atoms with Gasteiger partial charge in [-0.25, -0.2) is 19.7 Å². The van der Waals surface area contributed by atoms with E-state index in [0.717, 1.165) is 36.5 Å². The fourth-order valence-corrected chi connectivity index (χ4v) is 4.02. The van der Waals surface area contributed by atoms with Crippen LogP contribution in [0.2, 0.25) is 0 Å². The van der Waals surface area contributed by atoms with Gasteiger partial charge in [-0.3, -0.25) is 0 Å². The van der Waals surface area contributed by atoms with Crippen molar-refractivity contribution in [2.45, 2.75) is 32.0 Å². The van der Waals surface area contributed by atoms with Crippen LogP contribution in [0.3, 0.4) is 0 Å². The van der Waals surface area contributed by atoms with Gasteiger partial charge < -0.3 is 20.4 Å². The molecule has 2 aliphatic heterocycles. The highest BCUT2D eigenvalue weighted by Gasteiger charge is 2.26. The van der Waals surface area contributed by atoms with Crippen LogP contribution in [-0.4, -0.2) is 52.1 Å². The summed E-state index contributed by atoms with van der Waals surface area (Å²) in [5.41, 5.74) is 3.43. The largest absolute Gasteiger partial charge is 0.341 e. The lowest BCUT2D eigenvalue weighted by molar-refractivity contribution is 0.212. The molecule has 1 fully saturated rings. The summed E-state index contributed by atoms with van der Waals surface area (Å²) < 4.78 is 0. The molecule has 0 atom stereocenters. The molecule has 25 heavy (non-hydrogen) atoms. The number of hydrogen-bond acceptors (Lipinski definition) is 7. The molecule has 1 saturated heterocycles. The third-order valence-corrected chi connectivity index (χ3v) is 5.61. The molecule has 2 aliphatic rings. The van der Waals surface area contributed by atoms with E-state index in [1.165, 1.54) is 0 Å². The Kier molecular flexibility index (Phi) is 4.50. The lowest BCUT2D eigenvalue weighted by atomic mass is 10.1. The lowest BCUT2D eigenvalue weighted by Gasteiger charge is -2.31. The van der Waals surface area contributed by atoms with E-state index >= 15 is 0 Å². The van der Waals surface area contributed by atoms with Gasteiger partial charge in [-0.05, 0) is 25.9 Å². The van der Waals surface area contributed by atoms with Gasteiger partial charge >= 0.3 is 6.03 Å². The van der Waals surface area contributed by atoms with Crippen LogP contribution < -0.4 is 15.5 Å². The topological polar surface area (TPSA) is 86.3 Å². The van der Waals surface area contributed by atoms with E-state index in [1.54, 1.807) is 28.6 Å². The van der Waals surface area contributed by atoms with Crippen LogP contribution in [0.1, 0.15) is 23.4 Å². The van der Waals surface area contributed by atoms with Crippen LogP contribution >= 0.6 is 11.3 Å². The van der Waals surface area contributed by atoms with E-state index in [0.29, 0.717) is 30.8 Å². The summed E-state index contributed by atoms with van der Waals surface area (Å²) in [6, 6.07) is 0.311. The van der Waals surface area contributed by atoms with Gasteiger partial charge in [-0.2, -0.15) is 0 Å². The van der Waals surface area contributed by atoms with Gasteiger partial charge in [-0.15, -0.1) is 11.3 Å². The molecular weight excluding hydrogens is 338 g/mol. The maximum Gasteiger partial charge on any atom is 0.322 e. The molecule has 0 spiro atoms. The summed E-state index contributed by atoms with van der Waals surface area (Å²) in [6.07, 6.45) is 5.51. The molecule has 2 aromatic heterocycles. The van der Waals surface area contributed by atoms with Crippen molar-refractivity contribution < 1.29 is 4.79 Å². The Bertz CT molecular complexity index is 721. The Morgan fingerprint density at radius 2 is 2.04 bits per heavy atom. The molecule has 0 radical (unpaired) electrons. The highest BCUT2D eigenvalue weighted by Crippen LogP contribution is 2.25. The summed E-state index contributed by atoms with van der Waals surface area (Å²) >= 11 is 1.59. The molecule has 2 aromatic rings. The van der Waals surface area contributed by atoms with Gasteiger partial charge in [0.2, 0.25) is 5.95 Å². The normalized spacial score (nSPS) is 17.4. The molecule has 0 unspecified atom stereocenters. The summed E-state index contributed by atoms with van der Waals surface area (Å²) in [5.74, 6) is 0.692. The highest BCUT2D eigenvalue weighted by molar-refractivity contribution is 7.09. The third kappa shape index (κ3) is 3.42. The minimum absolute atomic E-state index is 0.145. The monoisotopic (exact) mass is 359 g/mol. The van der Waals surface area contributed by atoms with Crippen molar-refractivity contribution in [2.75, 3.05) is 30.4 Å². The molecule has 4 rings (SSSR count). The molecule has 2 amide bonds. The van der Waals surface area contributed by atoms with Crippen molar-refractivity contribution in [2.24, 2.45) is 0 Å². The van der Waals surface area contributed by atoms with E-state index < -0.39 is 0 Å². The number of piperidine rings is 1. The average molecular weight is 359 g/mol. The zero-order valence-corrected chi connectivity index (χ0v) is 14.9. The van der Waals surface area contributed by atoms with Crippen molar-refractivity contribution in [3.8, 4) is 0 Å². The van der Waals surface area contributed by atoms with Crippen LogP contribution in [0.4, 0.5) is 16.4 Å².